The van der Waals surface area contributed by atoms with Gasteiger partial charge in [0.2, 0.25) is 0 Å². The van der Waals surface area contributed by atoms with Crippen molar-refractivity contribution in [1.82, 2.24) is 4.90 Å². The number of benzene rings is 1. The van der Waals surface area contributed by atoms with Gasteiger partial charge in [0, 0.05) is 13.1 Å². The number of hydrogen-bond donors (Lipinski definition) is 1. The molecule has 0 aliphatic carbocycles. The smallest absolute Gasteiger partial charge is 0.415 e. The fourth-order valence-corrected chi connectivity index (χ4v) is 2.15. The van der Waals surface area contributed by atoms with Gasteiger partial charge in [-0.1, -0.05) is 12.1 Å². The number of carbonyl (C=O) groups is 2. The monoisotopic (exact) mass is 263 g/mol. The molecule has 1 aliphatic rings. The maximum Gasteiger partial charge on any atom is 0.415 e. The molecule has 1 amide bonds. The number of carboxylic acids is 1. The third-order valence-electron chi connectivity index (χ3n) is 3.30. The van der Waals surface area contributed by atoms with Crippen LogP contribution >= 0.6 is 0 Å². The molecule has 1 heterocycles. The predicted octanol–water partition coefficient (Wildman–Crippen LogP) is 2.29. The fraction of sp³-hybridized carbons (Fsp3) is 0.429. The molecule has 19 heavy (non-hydrogen) atoms. The minimum absolute atomic E-state index is 0.344. The molecule has 1 fully saturated rings. The van der Waals surface area contributed by atoms with E-state index in [9.17, 15) is 9.59 Å². The number of carbonyl (C=O) groups excluding carboxylic acids is 1. The van der Waals surface area contributed by atoms with Gasteiger partial charge in [0.25, 0.3) is 0 Å². The molecule has 0 radical (unpaired) electrons. The van der Waals surface area contributed by atoms with Crippen LogP contribution in [0.4, 0.5) is 4.79 Å². The maximum atomic E-state index is 11.9. The van der Waals surface area contributed by atoms with Crippen molar-refractivity contribution < 1.29 is 19.4 Å². The zero-order chi connectivity index (χ0) is 13.8. The van der Waals surface area contributed by atoms with Gasteiger partial charge >= 0.3 is 12.1 Å². The second-order valence-electron chi connectivity index (χ2n) is 4.78. The second kappa shape index (κ2) is 5.73. The van der Waals surface area contributed by atoms with Crippen LogP contribution in [0.1, 0.15) is 18.4 Å². The van der Waals surface area contributed by atoms with Crippen molar-refractivity contribution in [1.29, 1.82) is 0 Å². The highest BCUT2D eigenvalue weighted by atomic mass is 16.6. The lowest BCUT2D eigenvalue weighted by Gasteiger charge is -2.29. The largest absolute Gasteiger partial charge is 0.481 e. The summed E-state index contributed by atoms with van der Waals surface area (Å²) in [7, 11) is 0. The number of piperidine rings is 1. The average molecular weight is 263 g/mol. The van der Waals surface area contributed by atoms with Crippen molar-refractivity contribution in [3.05, 3.63) is 29.8 Å². The topological polar surface area (TPSA) is 66.8 Å². The van der Waals surface area contributed by atoms with E-state index in [4.69, 9.17) is 9.84 Å². The molecule has 102 valence electrons. The first-order chi connectivity index (χ1) is 9.06. The van der Waals surface area contributed by atoms with Gasteiger partial charge in [-0.25, -0.2) is 4.79 Å². The van der Waals surface area contributed by atoms with E-state index in [2.05, 4.69) is 0 Å². The Balaban J connectivity index is 1.90. The van der Waals surface area contributed by atoms with E-state index >= 15 is 0 Å². The Morgan fingerprint density at radius 1 is 1.32 bits per heavy atom. The lowest BCUT2D eigenvalue weighted by molar-refractivity contribution is -0.143. The Morgan fingerprint density at radius 3 is 2.58 bits per heavy atom. The summed E-state index contributed by atoms with van der Waals surface area (Å²) in [4.78, 5) is 24.3. The number of likely N-dealkylation sites (tertiary alicyclic amines) is 1. The van der Waals surface area contributed by atoms with Crippen molar-refractivity contribution in [3.8, 4) is 5.75 Å². The van der Waals surface area contributed by atoms with E-state index in [1.165, 1.54) is 0 Å². The predicted molar refractivity (Wildman–Crippen MR) is 69.1 cm³/mol. The summed E-state index contributed by atoms with van der Waals surface area (Å²) in [5, 5.41) is 8.89. The van der Waals surface area contributed by atoms with Crippen LogP contribution in [-0.2, 0) is 4.79 Å². The first-order valence-corrected chi connectivity index (χ1v) is 6.32. The maximum absolute atomic E-state index is 11.9. The second-order valence-corrected chi connectivity index (χ2v) is 4.78. The molecule has 1 N–H and O–H groups in total. The van der Waals surface area contributed by atoms with Crippen molar-refractivity contribution >= 4 is 12.1 Å². The SMILES string of the molecule is Cc1cccc(OC(=O)N2CCC(C(=O)O)CC2)c1. The van der Waals surface area contributed by atoms with E-state index < -0.39 is 12.1 Å². The molecule has 5 nitrogen and oxygen atoms in total. The highest BCUT2D eigenvalue weighted by Crippen LogP contribution is 2.19. The van der Waals surface area contributed by atoms with Crippen molar-refractivity contribution in [3.63, 3.8) is 0 Å². The molecular weight excluding hydrogens is 246 g/mol. The summed E-state index contributed by atoms with van der Waals surface area (Å²) in [5.41, 5.74) is 1.02. The molecule has 2 rings (SSSR count). The van der Waals surface area contributed by atoms with Gasteiger partial charge in [-0.05, 0) is 37.5 Å². The van der Waals surface area contributed by atoms with Crippen LogP contribution in [0.25, 0.3) is 0 Å². The van der Waals surface area contributed by atoms with E-state index in [1.54, 1.807) is 17.0 Å². The molecular formula is C14H17NO4. The number of amides is 1. The zero-order valence-corrected chi connectivity index (χ0v) is 10.8. The molecule has 1 saturated heterocycles. The highest BCUT2D eigenvalue weighted by Gasteiger charge is 2.27. The molecule has 0 atom stereocenters. The number of aliphatic carboxylic acids is 1. The zero-order valence-electron chi connectivity index (χ0n) is 10.8. The quantitative estimate of drug-likeness (QED) is 0.889. The summed E-state index contributed by atoms with van der Waals surface area (Å²) in [5.74, 6) is -0.611. The van der Waals surface area contributed by atoms with Gasteiger partial charge in [-0.3, -0.25) is 4.79 Å². The Kier molecular flexibility index (Phi) is 4.04. The number of rotatable bonds is 2. The van der Waals surface area contributed by atoms with Crippen LogP contribution in [-0.4, -0.2) is 35.2 Å². The summed E-state index contributed by atoms with van der Waals surface area (Å²) in [6.07, 6.45) is 0.561. The van der Waals surface area contributed by atoms with E-state index in [0.29, 0.717) is 31.7 Å². The summed E-state index contributed by atoms with van der Waals surface area (Å²) in [6.45, 7) is 2.79. The van der Waals surface area contributed by atoms with Crippen molar-refractivity contribution in [2.75, 3.05) is 13.1 Å². The Labute approximate surface area is 111 Å². The minimum atomic E-state index is -0.785. The molecule has 5 heteroatoms. The van der Waals surface area contributed by atoms with Crippen LogP contribution in [0.15, 0.2) is 24.3 Å². The van der Waals surface area contributed by atoms with Crippen LogP contribution in [0.5, 0.6) is 5.75 Å². The lowest BCUT2D eigenvalue weighted by atomic mass is 9.97. The highest BCUT2D eigenvalue weighted by molar-refractivity contribution is 5.73. The van der Waals surface area contributed by atoms with Gasteiger partial charge in [0.05, 0.1) is 5.92 Å². The van der Waals surface area contributed by atoms with Crippen LogP contribution in [0, 0.1) is 12.8 Å². The molecule has 1 aromatic carbocycles. The summed E-state index contributed by atoms with van der Waals surface area (Å²) in [6, 6.07) is 7.28. The molecule has 0 unspecified atom stereocenters. The van der Waals surface area contributed by atoms with Gasteiger partial charge in [-0.2, -0.15) is 0 Å². The van der Waals surface area contributed by atoms with Crippen LogP contribution in [0.2, 0.25) is 0 Å². The molecule has 1 aromatic rings. The number of carboxylic acid groups (broad SMARTS) is 1. The Bertz CT molecular complexity index is 478. The normalized spacial score (nSPS) is 16.2. The van der Waals surface area contributed by atoms with Gasteiger partial charge in [0.1, 0.15) is 5.75 Å². The molecule has 0 bridgehead atoms. The molecule has 1 aliphatic heterocycles. The molecule has 0 saturated carbocycles. The number of nitrogens with zero attached hydrogens (tertiary/aromatic N) is 1. The average Bonchev–Trinajstić information content (AvgIpc) is 2.39. The van der Waals surface area contributed by atoms with Gasteiger partial charge in [-0.15, -0.1) is 0 Å². The lowest BCUT2D eigenvalue weighted by Crippen LogP contribution is -2.41. The first kappa shape index (κ1) is 13.4. The standard InChI is InChI=1S/C14H17NO4/c1-10-3-2-4-12(9-10)19-14(18)15-7-5-11(6-8-15)13(16)17/h2-4,9,11H,5-8H2,1H3,(H,16,17). The fourth-order valence-electron chi connectivity index (χ4n) is 2.15. The first-order valence-electron chi connectivity index (χ1n) is 6.32. The van der Waals surface area contributed by atoms with Crippen LogP contribution < -0.4 is 4.74 Å². The van der Waals surface area contributed by atoms with Crippen molar-refractivity contribution in [2.45, 2.75) is 19.8 Å². The molecule has 0 spiro atoms. The number of hydrogen-bond acceptors (Lipinski definition) is 3. The van der Waals surface area contributed by atoms with Crippen molar-refractivity contribution in [2.24, 2.45) is 5.92 Å². The van der Waals surface area contributed by atoms with E-state index in [0.717, 1.165) is 5.56 Å². The van der Waals surface area contributed by atoms with Gasteiger partial charge < -0.3 is 14.7 Å². The third-order valence-corrected chi connectivity index (χ3v) is 3.30. The van der Waals surface area contributed by atoms with Crippen LogP contribution in [0.3, 0.4) is 0 Å². The Morgan fingerprint density at radius 2 is 2.00 bits per heavy atom. The number of aryl methyl sites for hydroxylation is 1. The van der Waals surface area contributed by atoms with E-state index in [1.807, 2.05) is 19.1 Å². The van der Waals surface area contributed by atoms with E-state index in [-0.39, 0.29) is 5.92 Å². The Hall–Kier alpha value is -2.04. The van der Waals surface area contributed by atoms with Gasteiger partial charge in [0.15, 0.2) is 0 Å². The summed E-state index contributed by atoms with van der Waals surface area (Å²) >= 11 is 0. The molecule has 0 aromatic heterocycles. The minimum Gasteiger partial charge on any atom is -0.481 e. The summed E-state index contributed by atoms with van der Waals surface area (Å²) < 4.78 is 5.27. The third kappa shape index (κ3) is 3.47. The number of ether oxygens (including phenoxy) is 1.